The second kappa shape index (κ2) is 7.07. The van der Waals surface area contributed by atoms with E-state index < -0.39 is 16.4 Å². The van der Waals surface area contributed by atoms with Crippen molar-refractivity contribution in [1.29, 1.82) is 5.26 Å². The van der Waals surface area contributed by atoms with E-state index in [4.69, 9.17) is 10.4 Å². The molecule has 0 saturated heterocycles. The number of nitrogens with one attached hydrogen (secondary N) is 1. The molecule has 0 atom stereocenters. The molecular formula is C16H16N2O3S. The minimum Gasteiger partial charge on any atom is -0.395 e. The Labute approximate surface area is 129 Å². The van der Waals surface area contributed by atoms with Gasteiger partial charge in [-0.2, -0.15) is 5.26 Å². The molecule has 0 fully saturated rings. The van der Waals surface area contributed by atoms with Crippen LogP contribution in [0.3, 0.4) is 0 Å². The number of aliphatic hydroxyl groups excluding tert-OH is 1. The molecule has 2 N–H and O–H groups in total. The molecule has 2 rings (SSSR count). The molecule has 2 aromatic rings. The molecule has 114 valence electrons. The maximum Gasteiger partial charge on any atom is 0.180 e. The van der Waals surface area contributed by atoms with Crippen LogP contribution in [-0.4, -0.2) is 25.9 Å². The Balaban J connectivity index is 2.04. The molecule has 0 spiro atoms. The molecule has 0 heterocycles. The van der Waals surface area contributed by atoms with Gasteiger partial charge < -0.3 is 10.4 Å². The van der Waals surface area contributed by atoms with Crippen molar-refractivity contribution in [1.82, 2.24) is 0 Å². The summed E-state index contributed by atoms with van der Waals surface area (Å²) < 4.78 is 23.6. The first-order valence-electron chi connectivity index (χ1n) is 6.72. The first-order valence-corrected chi connectivity index (χ1v) is 8.37. The molecule has 0 aliphatic carbocycles. The van der Waals surface area contributed by atoms with Crippen LogP contribution in [0.15, 0.2) is 53.4 Å². The second-order valence-electron chi connectivity index (χ2n) is 4.73. The molecule has 0 aromatic heterocycles. The van der Waals surface area contributed by atoms with E-state index in [1.54, 1.807) is 24.3 Å². The number of sulfone groups is 1. The summed E-state index contributed by atoms with van der Waals surface area (Å²) in [5, 5.41) is 20.8. The molecule has 2 aromatic carbocycles. The van der Waals surface area contributed by atoms with Crippen molar-refractivity contribution in [2.24, 2.45) is 0 Å². The summed E-state index contributed by atoms with van der Waals surface area (Å²) in [6.07, 6.45) is 0. The third-order valence-corrected chi connectivity index (χ3v) is 4.84. The Morgan fingerprint density at radius 1 is 1.14 bits per heavy atom. The van der Waals surface area contributed by atoms with Gasteiger partial charge in [0.15, 0.2) is 9.84 Å². The summed E-state index contributed by atoms with van der Waals surface area (Å²) in [6.45, 7) is 0.149. The minimum absolute atomic E-state index is 0.193. The van der Waals surface area contributed by atoms with Gasteiger partial charge in [0.25, 0.3) is 0 Å². The standard InChI is InChI=1S/C16H16N2O3S/c17-11-13-2-1-3-14(10-13)12-18-15-4-6-16(7-5-15)22(20,21)9-8-19/h1-7,10,18-19H,8-9,12H2. The lowest BCUT2D eigenvalue weighted by molar-refractivity contribution is 0.319. The van der Waals surface area contributed by atoms with Gasteiger partial charge in [-0.1, -0.05) is 12.1 Å². The van der Waals surface area contributed by atoms with Crippen LogP contribution >= 0.6 is 0 Å². The molecular weight excluding hydrogens is 300 g/mol. The molecule has 0 bridgehead atoms. The van der Waals surface area contributed by atoms with Crippen molar-refractivity contribution in [3.8, 4) is 6.07 Å². The Kier molecular flexibility index (Phi) is 5.15. The van der Waals surface area contributed by atoms with Gasteiger partial charge in [0, 0.05) is 12.2 Å². The highest BCUT2D eigenvalue weighted by Gasteiger charge is 2.12. The maximum absolute atomic E-state index is 11.8. The van der Waals surface area contributed by atoms with E-state index in [9.17, 15) is 8.42 Å². The average molecular weight is 316 g/mol. The Bertz CT molecular complexity index is 778. The number of nitriles is 1. The van der Waals surface area contributed by atoms with Crippen LogP contribution in [0.25, 0.3) is 0 Å². The number of rotatable bonds is 6. The van der Waals surface area contributed by atoms with Crippen LogP contribution in [0, 0.1) is 11.3 Å². The lowest BCUT2D eigenvalue weighted by atomic mass is 10.1. The number of nitrogens with zero attached hydrogens (tertiary/aromatic N) is 1. The summed E-state index contributed by atoms with van der Waals surface area (Å²) in [7, 11) is -3.42. The van der Waals surface area contributed by atoms with Crippen LogP contribution in [0.4, 0.5) is 5.69 Å². The molecule has 0 unspecified atom stereocenters. The zero-order chi connectivity index (χ0) is 16.0. The van der Waals surface area contributed by atoms with E-state index >= 15 is 0 Å². The first kappa shape index (κ1) is 16.0. The predicted octanol–water partition coefficient (Wildman–Crippen LogP) is 1.94. The summed E-state index contributed by atoms with van der Waals surface area (Å²) >= 11 is 0. The van der Waals surface area contributed by atoms with Crippen LogP contribution in [0.1, 0.15) is 11.1 Å². The summed E-state index contributed by atoms with van der Waals surface area (Å²) in [4.78, 5) is 0.193. The van der Waals surface area contributed by atoms with E-state index in [1.807, 2.05) is 12.1 Å². The number of hydrogen-bond acceptors (Lipinski definition) is 5. The largest absolute Gasteiger partial charge is 0.395 e. The van der Waals surface area contributed by atoms with E-state index in [0.29, 0.717) is 12.1 Å². The highest BCUT2D eigenvalue weighted by atomic mass is 32.2. The molecule has 0 saturated carbocycles. The van der Waals surface area contributed by atoms with Crippen molar-refractivity contribution in [3.05, 3.63) is 59.7 Å². The van der Waals surface area contributed by atoms with Gasteiger partial charge in [0.1, 0.15) is 0 Å². The van der Waals surface area contributed by atoms with Gasteiger partial charge in [0.05, 0.1) is 28.9 Å². The normalized spacial score (nSPS) is 10.9. The zero-order valence-electron chi connectivity index (χ0n) is 11.9. The number of benzene rings is 2. The van der Waals surface area contributed by atoms with Crippen molar-refractivity contribution in [2.75, 3.05) is 17.7 Å². The highest BCUT2D eigenvalue weighted by Crippen LogP contribution is 2.16. The second-order valence-corrected chi connectivity index (χ2v) is 6.84. The Hall–Kier alpha value is -2.36. The third kappa shape index (κ3) is 4.07. The smallest absolute Gasteiger partial charge is 0.180 e. The van der Waals surface area contributed by atoms with Crippen LogP contribution < -0.4 is 5.32 Å². The monoisotopic (exact) mass is 316 g/mol. The lowest BCUT2D eigenvalue weighted by Gasteiger charge is -2.08. The van der Waals surface area contributed by atoms with Crippen molar-refractivity contribution in [3.63, 3.8) is 0 Å². The molecule has 0 aliphatic rings. The van der Waals surface area contributed by atoms with Gasteiger partial charge in [-0.3, -0.25) is 0 Å². The summed E-state index contributed by atoms with van der Waals surface area (Å²) in [5.74, 6) is -0.277. The number of aliphatic hydroxyl groups is 1. The predicted molar refractivity (Wildman–Crippen MR) is 84.1 cm³/mol. The van der Waals surface area contributed by atoms with Crippen molar-refractivity contribution >= 4 is 15.5 Å². The first-order chi connectivity index (χ1) is 10.5. The van der Waals surface area contributed by atoms with Gasteiger partial charge in [0.2, 0.25) is 0 Å². The van der Waals surface area contributed by atoms with Crippen LogP contribution in [0.2, 0.25) is 0 Å². The van der Waals surface area contributed by atoms with Crippen molar-refractivity contribution in [2.45, 2.75) is 11.4 Å². The van der Waals surface area contributed by atoms with Gasteiger partial charge in [-0.05, 0) is 42.0 Å². The van der Waals surface area contributed by atoms with Crippen LogP contribution in [0.5, 0.6) is 0 Å². The maximum atomic E-state index is 11.8. The molecule has 0 aliphatic heterocycles. The molecule has 6 heteroatoms. The summed E-state index contributed by atoms with van der Waals surface area (Å²) in [6, 6.07) is 15.7. The molecule has 0 radical (unpaired) electrons. The van der Waals surface area contributed by atoms with E-state index in [2.05, 4.69) is 11.4 Å². The lowest BCUT2D eigenvalue weighted by Crippen LogP contribution is -2.10. The fourth-order valence-electron chi connectivity index (χ4n) is 1.97. The third-order valence-electron chi connectivity index (χ3n) is 3.13. The zero-order valence-corrected chi connectivity index (χ0v) is 12.7. The van der Waals surface area contributed by atoms with Gasteiger partial charge >= 0.3 is 0 Å². The van der Waals surface area contributed by atoms with E-state index in [-0.39, 0.29) is 10.6 Å². The molecule has 0 amide bonds. The Morgan fingerprint density at radius 3 is 2.50 bits per heavy atom. The van der Waals surface area contributed by atoms with Gasteiger partial charge in [-0.15, -0.1) is 0 Å². The highest BCUT2D eigenvalue weighted by molar-refractivity contribution is 7.91. The SMILES string of the molecule is N#Cc1cccc(CNc2ccc(S(=O)(=O)CCO)cc2)c1. The van der Waals surface area contributed by atoms with E-state index in [1.165, 1.54) is 12.1 Å². The Morgan fingerprint density at radius 2 is 1.86 bits per heavy atom. The van der Waals surface area contributed by atoms with Crippen LogP contribution in [-0.2, 0) is 16.4 Å². The molecule has 5 nitrogen and oxygen atoms in total. The number of hydrogen-bond donors (Lipinski definition) is 2. The molecule has 22 heavy (non-hydrogen) atoms. The topological polar surface area (TPSA) is 90.2 Å². The fourth-order valence-corrected chi connectivity index (χ4v) is 3.00. The fraction of sp³-hybridized carbons (Fsp3) is 0.188. The van der Waals surface area contributed by atoms with E-state index in [0.717, 1.165) is 11.3 Å². The number of anilines is 1. The minimum atomic E-state index is -3.42. The average Bonchev–Trinajstić information content (AvgIpc) is 2.53. The van der Waals surface area contributed by atoms with Crippen molar-refractivity contribution < 1.29 is 13.5 Å². The van der Waals surface area contributed by atoms with Gasteiger partial charge in [-0.25, -0.2) is 8.42 Å². The quantitative estimate of drug-likeness (QED) is 0.850. The summed E-state index contributed by atoms with van der Waals surface area (Å²) in [5.41, 5.74) is 2.35.